The third-order valence-corrected chi connectivity index (χ3v) is 4.68. The first-order valence-electron chi connectivity index (χ1n) is 8.06. The Labute approximate surface area is 142 Å². The molecule has 0 radical (unpaired) electrons. The Hall–Kier alpha value is -1.56. The van der Waals surface area contributed by atoms with Gasteiger partial charge in [0.05, 0.1) is 10.9 Å². The lowest BCUT2D eigenvalue weighted by Crippen LogP contribution is -2.51. The largest absolute Gasteiger partial charge is 0.444 e. The SMILES string of the molecule is CN(C[C@H]1CCCCN1C(=O)OC(C)(C)C)C(=O)c1cccs1. The second-order valence-corrected chi connectivity index (χ2v) is 7.93. The summed E-state index contributed by atoms with van der Waals surface area (Å²) in [6, 6.07) is 3.72. The van der Waals surface area contributed by atoms with Crippen LogP contribution in [0.2, 0.25) is 0 Å². The van der Waals surface area contributed by atoms with Crippen LogP contribution in [0.1, 0.15) is 49.7 Å². The summed E-state index contributed by atoms with van der Waals surface area (Å²) in [6.07, 6.45) is 2.68. The van der Waals surface area contributed by atoms with Gasteiger partial charge in [-0.1, -0.05) is 6.07 Å². The second-order valence-electron chi connectivity index (χ2n) is 6.99. The Morgan fingerprint density at radius 1 is 1.39 bits per heavy atom. The molecule has 0 aromatic carbocycles. The highest BCUT2D eigenvalue weighted by molar-refractivity contribution is 7.12. The van der Waals surface area contributed by atoms with Gasteiger partial charge in [0.25, 0.3) is 5.91 Å². The second kappa shape index (κ2) is 7.34. The van der Waals surface area contributed by atoms with Crippen molar-refractivity contribution in [2.24, 2.45) is 0 Å². The molecule has 1 fully saturated rings. The summed E-state index contributed by atoms with van der Waals surface area (Å²) in [5, 5.41) is 1.90. The molecule has 0 N–H and O–H groups in total. The maximum atomic E-state index is 12.4. The minimum absolute atomic E-state index is 0.00899. The van der Waals surface area contributed by atoms with E-state index in [2.05, 4.69) is 0 Å². The van der Waals surface area contributed by atoms with Gasteiger partial charge in [-0.3, -0.25) is 4.79 Å². The molecule has 0 saturated carbocycles. The monoisotopic (exact) mass is 338 g/mol. The van der Waals surface area contributed by atoms with Gasteiger partial charge in [-0.2, -0.15) is 0 Å². The predicted octanol–water partition coefficient (Wildman–Crippen LogP) is 3.61. The molecule has 1 aliphatic heterocycles. The van der Waals surface area contributed by atoms with Gasteiger partial charge in [0.15, 0.2) is 0 Å². The Balaban J connectivity index is 2.00. The van der Waals surface area contributed by atoms with Crippen LogP contribution in [0.25, 0.3) is 0 Å². The third-order valence-electron chi connectivity index (χ3n) is 3.82. The van der Waals surface area contributed by atoms with Crippen LogP contribution in [0.4, 0.5) is 4.79 Å². The van der Waals surface area contributed by atoms with E-state index in [-0.39, 0.29) is 18.0 Å². The van der Waals surface area contributed by atoms with E-state index in [9.17, 15) is 9.59 Å². The molecule has 1 aromatic rings. The number of hydrogen-bond acceptors (Lipinski definition) is 4. The molecule has 0 bridgehead atoms. The molecule has 2 heterocycles. The molecule has 128 valence electrons. The fraction of sp³-hybridized carbons (Fsp3) is 0.647. The van der Waals surface area contributed by atoms with Crippen LogP contribution in [0.15, 0.2) is 17.5 Å². The molecule has 6 heteroatoms. The predicted molar refractivity (Wildman–Crippen MR) is 91.9 cm³/mol. The van der Waals surface area contributed by atoms with Crippen molar-refractivity contribution in [1.82, 2.24) is 9.80 Å². The van der Waals surface area contributed by atoms with Crippen LogP contribution >= 0.6 is 11.3 Å². The first-order valence-corrected chi connectivity index (χ1v) is 8.94. The highest BCUT2D eigenvalue weighted by Crippen LogP contribution is 2.22. The summed E-state index contributed by atoms with van der Waals surface area (Å²) in [5.41, 5.74) is -0.502. The van der Waals surface area contributed by atoms with Crippen LogP contribution in [-0.4, -0.2) is 53.6 Å². The van der Waals surface area contributed by atoms with Crippen molar-refractivity contribution in [3.05, 3.63) is 22.4 Å². The van der Waals surface area contributed by atoms with Crippen LogP contribution in [-0.2, 0) is 4.74 Å². The molecule has 0 spiro atoms. The van der Waals surface area contributed by atoms with Crippen LogP contribution in [0.3, 0.4) is 0 Å². The summed E-state index contributed by atoms with van der Waals surface area (Å²) in [6.45, 7) is 6.85. The van der Waals surface area contributed by atoms with E-state index in [1.807, 2.05) is 38.3 Å². The first kappa shape index (κ1) is 17.8. The fourth-order valence-electron chi connectivity index (χ4n) is 2.74. The summed E-state index contributed by atoms with van der Waals surface area (Å²) in [7, 11) is 1.80. The number of likely N-dealkylation sites (N-methyl/N-ethyl adjacent to an activating group) is 1. The summed E-state index contributed by atoms with van der Waals surface area (Å²) in [5.74, 6) is 0.00899. The molecule has 0 unspecified atom stereocenters. The van der Waals surface area contributed by atoms with Crippen molar-refractivity contribution in [1.29, 1.82) is 0 Å². The number of piperidine rings is 1. The molecule has 1 aromatic heterocycles. The maximum absolute atomic E-state index is 12.4. The molecule has 0 aliphatic carbocycles. The van der Waals surface area contributed by atoms with Gasteiger partial charge in [0.1, 0.15) is 5.60 Å². The number of hydrogen-bond donors (Lipinski definition) is 0. The van der Waals surface area contributed by atoms with Gasteiger partial charge >= 0.3 is 6.09 Å². The van der Waals surface area contributed by atoms with E-state index < -0.39 is 5.60 Å². The zero-order valence-corrected chi connectivity index (χ0v) is 15.2. The molecule has 1 atom stereocenters. The Kier molecular flexibility index (Phi) is 5.68. The van der Waals surface area contributed by atoms with Crippen LogP contribution in [0.5, 0.6) is 0 Å². The quantitative estimate of drug-likeness (QED) is 0.846. The zero-order chi connectivity index (χ0) is 17.0. The number of amides is 2. The molecule has 1 saturated heterocycles. The smallest absolute Gasteiger partial charge is 0.410 e. The van der Waals surface area contributed by atoms with E-state index in [4.69, 9.17) is 4.74 Å². The van der Waals surface area contributed by atoms with Crippen molar-refractivity contribution in [2.75, 3.05) is 20.1 Å². The minimum atomic E-state index is -0.502. The molecule has 2 rings (SSSR count). The molecular formula is C17H26N2O3S. The van der Waals surface area contributed by atoms with Crippen molar-refractivity contribution >= 4 is 23.3 Å². The van der Waals surface area contributed by atoms with E-state index in [0.717, 1.165) is 24.1 Å². The number of thiophene rings is 1. The molecular weight excluding hydrogens is 312 g/mol. The van der Waals surface area contributed by atoms with Gasteiger partial charge in [-0.25, -0.2) is 4.79 Å². The van der Waals surface area contributed by atoms with E-state index >= 15 is 0 Å². The summed E-state index contributed by atoms with van der Waals surface area (Å²) < 4.78 is 5.51. The maximum Gasteiger partial charge on any atom is 0.410 e. The zero-order valence-electron chi connectivity index (χ0n) is 14.4. The number of rotatable bonds is 3. The van der Waals surface area contributed by atoms with Crippen molar-refractivity contribution in [2.45, 2.75) is 51.7 Å². The molecule has 23 heavy (non-hydrogen) atoms. The Morgan fingerprint density at radius 3 is 2.74 bits per heavy atom. The van der Waals surface area contributed by atoms with Gasteiger partial charge in [0, 0.05) is 20.1 Å². The van der Waals surface area contributed by atoms with Crippen LogP contribution in [0, 0.1) is 0 Å². The lowest BCUT2D eigenvalue weighted by molar-refractivity contribution is 0.00607. The Morgan fingerprint density at radius 2 is 2.13 bits per heavy atom. The number of carbonyl (C=O) groups excluding carboxylic acids is 2. The van der Waals surface area contributed by atoms with E-state index in [0.29, 0.717) is 13.1 Å². The molecule has 1 aliphatic rings. The first-order chi connectivity index (χ1) is 10.8. The number of carbonyl (C=O) groups is 2. The van der Waals surface area contributed by atoms with Gasteiger partial charge in [-0.15, -0.1) is 11.3 Å². The lowest BCUT2D eigenvalue weighted by atomic mass is 10.0. The van der Waals surface area contributed by atoms with Gasteiger partial charge in [0.2, 0.25) is 0 Å². The number of ether oxygens (including phenoxy) is 1. The average molecular weight is 338 g/mol. The minimum Gasteiger partial charge on any atom is -0.444 e. The summed E-state index contributed by atoms with van der Waals surface area (Å²) in [4.78, 5) is 29.0. The van der Waals surface area contributed by atoms with Gasteiger partial charge in [-0.05, 0) is 51.5 Å². The van der Waals surface area contributed by atoms with E-state index in [1.165, 1.54) is 11.3 Å². The molecule has 5 nitrogen and oxygen atoms in total. The van der Waals surface area contributed by atoms with Crippen molar-refractivity contribution in [3.63, 3.8) is 0 Å². The number of nitrogens with zero attached hydrogens (tertiary/aromatic N) is 2. The fourth-order valence-corrected chi connectivity index (χ4v) is 3.46. The highest BCUT2D eigenvalue weighted by Gasteiger charge is 2.32. The van der Waals surface area contributed by atoms with E-state index in [1.54, 1.807) is 16.8 Å². The van der Waals surface area contributed by atoms with Crippen LogP contribution < -0.4 is 0 Å². The lowest BCUT2D eigenvalue weighted by Gasteiger charge is -2.38. The van der Waals surface area contributed by atoms with Gasteiger partial charge < -0.3 is 14.5 Å². The topological polar surface area (TPSA) is 49.9 Å². The Bertz CT molecular complexity index is 537. The standard InChI is InChI=1S/C17H26N2O3S/c1-17(2,3)22-16(21)19-10-6-5-8-13(19)12-18(4)15(20)14-9-7-11-23-14/h7,9,11,13H,5-6,8,10,12H2,1-4H3/t13-/m1/s1. The normalized spacial score (nSPS) is 18.6. The highest BCUT2D eigenvalue weighted by atomic mass is 32.1. The third kappa shape index (κ3) is 4.96. The average Bonchev–Trinajstić information content (AvgIpc) is 2.99. The van der Waals surface area contributed by atoms with Crippen molar-refractivity contribution in [3.8, 4) is 0 Å². The number of likely N-dealkylation sites (tertiary alicyclic amines) is 1. The van der Waals surface area contributed by atoms with Crippen molar-refractivity contribution < 1.29 is 14.3 Å². The summed E-state index contributed by atoms with van der Waals surface area (Å²) >= 11 is 1.44. The molecule has 2 amide bonds.